The van der Waals surface area contributed by atoms with Gasteiger partial charge in [-0.05, 0) is 72.8 Å². The number of nitrogens with zero attached hydrogens (tertiary/aromatic N) is 6. The van der Waals surface area contributed by atoms with Crippen LogP contribution in [-0.2, 0) is 0 Å². The van der Waals surface area contributed by atoms with Crippen molar-refractivity contribution in [3.05, 3.63) is 52.9 Å². The molecule has 232 valence electrons. The predicted octanol–water partition coefficient (Wildman–Crippen LogP) is 5.34. The Bertz CT molecular complexity index is 1660. The molecule has 0 saturated carbocycles. The molecule has 0 spiro atoms. The molecule has 10 nitrogen and oxygen atoms in total. The zero-order chi connectivity index (χ0) is 31.0. The Morgan fingerprint density at radius 2 is 1.84 bits per heavy atom. The van der Waals surface area contributed by atoms with E-state index in [0.717, 1.165) is 69.4 Å². The van der Waals surface area contributed by atoms with Gasteiger partial charge in [0.25, 0.3) is 0 Å². The molecule has 0 amide bonds. The Morgan fingerprint density at radius 3 is 2.55 bits per heavy atom. The first kappa shape index (κ1) is 30.8. The van der Waals surface area contributed by atoms with Crippen LogP contribution in [0.2, 0.25) is 0 Å². The van der Waals surface area contributed by atoms with Crippen molar-refractivity contribution >= 4 is 69.0 Å². The Labute approximate surface area is 266 Å². The number of aromatic nitrogens is 4. The number of likely N-dealkylation sites (tertiary alicyclic amines) is 1. The highest BCUT2D eigenvalue weighted by atomic mass is 79.9. The van der Waals surface area contributed by atoms with Gasteiger partial charge in [-0.2, -0.15) is 4.98 Å². The predicted molar refractivity (Wildman–Crippen MR) is 180 cm³/mol. The summed E-state index contributed by atoms with van der Waals surface area (Å²) in [6.07, 6.45) is 7.07. The molecule has 2 aliphatic rings. The number of halogens is 2. The third-order valence-electron chi connectivity index (χ3n) is 8.40. The average molecular weight is 684 g/mol. The molecule has 0 unspecified atom stereocenters. The van der Waals surface area contributed by atoms with Gasteiger partial charge in [0, 0.05) is 73.6 Å². The van der Waals surface area contributed by atoms with Crippen molar-refractivity contribution in [3.8, 4) is 5.75 Å². The molecule has 6 rings (SSSR count). The molecule has 2 saturated heterocycles. The van der Waals surface area contributed by atoms with E-state index in [2.05, 4.69) is 83.7 Å². The molecule has 0 radical (unpaired) electrons. The molecule has 0 aliphatic carbocycles. The summed E-state index contributed by atoms with van der Waals surface area (Å²) >= 11 is 3.61. The minimum absolute atomic E-state index is 0.327. The number of aliphatic hydroxyl groups excluding tert-OH is 1. The number of benzene rings is 2. The Hall–Kier alpha value is -3.18. The molecule has 0 atom stereocenters. The fourth-order valence-electron chi connectivity index (χ4n) is 6.13. The van der Waals surface area contributed by atoms with E-state index >= 15 is 0 Å². The van der Waals surface area contributed by atoms with Crippen molar-refractivity contribution in [3.63, 3.8) is 0 Å². The molecule has 13 heteroatoms. The summed E-state index contributed by atoms with van der Waals surface area (Å²) in [5.41, 5.74) is 4.27. The average Bonchev–Trinajstić information content (AvgIpc) is 3.01. The SMILES string of the molecule is COc1cc(N2CCC(N3CC(F)(CO)C3)CC2)c(C)cc1Nc1ncc(Br)c(Nc2ccc3nccnc3c2P(C)C)n1. The van der Waals surface area contributed by atoms with Crippen molar-refractivity contribution < 1.29 is 14.2 Å². The Morgan fingerprint density at radius 1 is 1.09 bits per heavy atom. The van der Waals surface area contributed by atoms with Crippen molar-refractivity contribution in [2.75, 3.05) is 68.8 Å². The number of aliphatic hydroxyl groups is 1. The van der Waals surface area contributed by atoms with Crippen LogP contribution in [0.25, 0.3) is 11.0 Å². The number of anilines is 5. The largest absolute Gasteiger partial charge is 0.494 e. The van der Waals surface area contributed by atoms with E-state index in [1.54, 1.807) is 25.7 Å². The van der Waals surface area contributed by atoms with Crippen molar-refractivity contribution in [1.82, 2.24) is 24.8 Å². The third kappa shape index (κ3) is 6.18. The van der Waals surface area contributed by atoms with Crippen molar-refractivity contribution in [2.24, 2.45) is 0 Å². The van der Waals surface area contributed by atoms with Gasteiger partial charge in [0.1, 0.15) is 11.6 Å². The Kier molecular flexibility index (Phi) is 8.88. The van der Waals surface area contributed by atoms with Crippen LogP contribution in [-0.4, -0.2) is 94.9 Å². The summed E-state index contributed by atoms with van der Waals surface area (Å²) in [6.45, 7) is 8.50. The topological polar surface area (TPSA) is 112 Å². The number of piperidine rings is 1. The van der Waals surface area contributed by atoms with Gasteiger partial charge in [-0.25, -0.2) is 9.37 Å². The van der Waals surface area contributed by atoms with Crippen molar-refractivity contribution in [1.29, 1.82) is 0 Å². The monoisotopic (exact) mass is 682 g/mol. The van der Waals surface area contributed by atoms with Gasteiger partial charge in [0.15, 0.2) is 5.67 Å². The molecule has 4 heterocycles. The van der Waals surface area contributed by atoms with Crippen LogP contribution in [0, 0.1) is 6.92 Å². The molecule has 4 aromatic rings. The number of ether oxygens (including phenoxy) is 1. The lowest BCUT2D eigenvalue weighted by Crippen LogP contribution is -2.65. The van der Waals surface area contributed by atoms with Crippen LogP contribution in [0.3, 0.4) is 0 Å². The second kappa shape index (κ2) is 12.7. The smallest absolute Gasteiger partial charge is 0.229 e. The molecule has 2 aromatic carbocycles. The molecule has 2 aromatic heterocycles. The highest BCUT2D eigenvalue weighted by Crippen LogP contribution is 2.38. The molecule has 2 aliphatic heterocycles. The summed E-state index contributed by atoms with van der Waals surface area (Å²) in [6, 6.07) is 8.47. The number of rotatable bonds is 9. The zero-order valence-corrected chi connectivity index (χ0v) is 27.8. The van der Waals surface area contributed by atoms with E-state index in [0.29, 0.717) is 36.6 Å². The summed E-state index contributed by atoms with van der Waals surface area (Å²) in [5.74, 6) is 1.76. The summed E-state index contributed by atoms with van der Waals surface area (Å²) < 4.78 is 20.7. The van der Waals surface area contributed by atoms with E-state index in [1.165, 1.54) is 0 Å². The van der Waals surface area contributed by atoms with Gasteiger partial charge >= 0.3 is 0 Å². The molecule has 44 heavy (non-hydrogen) atoms. The standard InChI is InChI=1S/C31H37BrFN8O2P/c1-19-13-24(26(43-2)14-25(19)40-11-7-20(8-12-40)41-16-31(33,17-41)18-42)38-30-36-15-21(32)29(39-30)37-23-6-5-22-27(28(23)44(3)4)35-10-9-34-22/h5-6,9-10,13-15,20,42H,7-8,11-12,16-18H2,1-4H3,(H2,36,37,38,39). The zero-order valence-electron chi connectivity index (χ0n) is 25.3. The molecule has 0 bridgehead atoms. The van der Waals surface area contributed by atoms with E-state index in [-0.39, 0.29) is 0 Å². The number of nitrogens with one attached hydrogen (secondary N) is 2. The normalized spacial score (nSPS) is 17.1. The van der Waals surface area contributed by atoms with Gasteiger partial charge in [0.2, 0.25) is 5.95 Å². The Balaban J connectivity index is 1.19. The quantitative estimate of drug-likeness (QED) is 0.200. The van der Waals surface area contributed by atoms with Crippen LogP contribution >= 0.6 is 23.9 Å². The number of hydrogen-bond acceptors (Lipinski definition) is 10. The first-order chi connectivity index (χ1) is 21.2. The summed E-state index contributed by atoms with van der Waals surface area (Å²) in [4.78, 5) is 22.9. The van der Waals surface area contributed by atoms with E-state index < -0.39 is 20.2 Å². The maximum absolute atomic E-state index is 14.2. The van der Waals surface area contributed by atoms with Gasteiger partial charge in [0.05, 0.1) is 34.9 Å². The number of alkyl halides is 1. The van der Waals surface area contributed by atoms with Crippen LogP contribution in [0.15, 0.2) is 47.3 Å². The third-order valence-corrected chi connectivity index (χ3v) is 10.3. The van der Waals surface area contributed by atoms with E-state index in [4.69, 9.17) is 9.72 Å². The number of fused-ring (bicyclic) bond motifs is 1. The molecule has 3 N–H and O–H groups in total. The lowest BCUT2D eigenvalue weighted by atomic mass is 9.91. The summed E-state index contributed by atoms with van der Waals surface area (Å²) in [7, 11) is 1.18. The molecular formula is C31H37BrFN8O2P. The first-order valence-corrected chi connectivity index (χ1v) is 17.7. The van der Waals surface area contributed by atoms with Crippen LogP contribution in [0.1, 0.15) is 18.4 Å². The fraction of sp³-hybridized carbons (Fsp3) is 0.419. The number of aryl methyl sites for hydroxylation is 1. The van der Waals surface area contributed by atoms with Crippen molar-refractivity contribution in [2.45, 2.75) is 31.5 Å². The lowest BCUT2D eigenvalue weighted by molar-refractivity contribution is -0.0896. The van der Waals surface area contributed by atoms with E-state index in [9.17, 15) is 9.50 Å². The highest BCUT2D eigenvalue weighted by molar-refractivity contribution is 9.10. The lowest BCUT2D eigenvalue weighted by Gasteiger charge is -2.50. The number of methoxy groups -OCH3 is 1. The fourth-order valence-corrected chi connectivity index (χ4v) is 7.63. The minimum atomic E-state index is -1.43. The van der Waals surface area contributed by atoms with Crippen LogP contribution in [0.4, 0.5) is 33.2 Å². The van der Waals surface area contributed by atoms with E-state index in [1.807, 2.05) is 12.1 Å². The first-order valence-electron chi connectivity index (χ1n) is 14.6. The van der Waals surface area contributed by atoms with Gasteiger partial charge in [-0.15, -0.1) is 0 Å². The summed E-state index contributed by atoms with van der Waals surface area (Å²) in [5, 5.41) is 17.2. The molecule has 2 fully saturated rings. The second-order valence-electron chi connectivity index (χ2n) is 11.7. The second-order valence-corrected chi connectivity index (χ2v) is 14.8. The molecular weight excluding hydrogens is 646 g/mol. The van der Waals surface area contributed by atoms with Gasteiger partial charge in [-0.1, -0.05) is 7.92 Å². The van der Waals surface area contributed by atoms with Crippen LogP contribution in [0.5, 0.6) is 5.75 Å². The highest BCUT2D eigenvalue weighted by Gasteiger charge is 2.46. The van der Waals surface area contributed by atoms with Gasteiger partial charge < -0.3 is 25.4 Å². The van der Waals surface area contributed by atoms with Gasteiger partial charge in [-0.3, -0.25) is 14.9 Å². The maximum Gasteiger partial charge on any atom is 0.229 e. The maximum atomic E-state index is 14.2. The number of hydrogen-bond donors (Lipinski definition) is 3. The van der Waals surface area contributed by atoms with Crippen LogP contribution < -0.4 is 25.6 Å². The minimum Gasteiger partial charge on any atom is -0.494 e.